The van der Waals surface area contributed by atoms with Crippen molar-refractivity contribution in [2.45, 2.75) is 19.8 Å². The highest BCUT2D eigenvalue weighted by Crippen LogP contribution is 1.91. The zero-order valence-electron chi connectivity index (χ0n) is 5.75. The summed E-state index contributed by atoms with van der Waals surface area (Å²) >= 11 is 0. The van der Waals surface area contributed by atoms with E-state index >= 15 is 0 Å². The van der Waals surface area contributed by atoms with Gasteiger partial charge in [0.15, 0.2) is 0 Å². The van der Waals surface area contributed by atoms with E-state index in [4.69, 9.17) is 0 Å². The Hall–Kier alpha value is -1.06. The van der Waals surface area contributed by atoms with E-state index in [-0.39, 0.29) is 19.4 Å². The van der Waals surface area contributed by atoms with Gasteiger partial charge in [-0.2, -0.15) is 0 Å². The lowest BCUT2D eigenvalue weighted by Crippen LogP contribution is -2.06. The Balaban J connectivity index is 3.30. The molecule has 0 N–H and O–H groups in total. The summed E-state index contributed by atoms with van der Waals surface area (Å²) in [5.74, 6) is -1.72. The molecule has 0 fully saturated rings. The average Bonchev–Trinajstić information content (AvgIpc) is 1.85. The van der Waals surface area contributed by atoms with E-state index < -0.39 is 11.9 Å². The Morgan fingerprint density at radius 3 is 2.30 bits per heavy atom. The van der Waals surface area contributed by atoms with Crippen LogP contribution in [-0.2, 0) is 19.4 Å². The van der Waals surface area contributed by atoms with Crippen molar-refractivity contribution in [3.05, 3.63) is 0 Å². The molecule has 0 aliphatic heterocycles. The maximum absolute atomic E-state index is 10.4. The second-order valence-electron chi connectivity index (χ2n) is 1.68. The Kier molecular flexibility index (Phi) is 4.28. The molecule has 0 rings (SSSR count). The number of carbonyl (C=O) groups excluding carboxylic acids is 2. The first-order chi connectivity index (χ1) is 4.66. The van der Waals surface area contributed by atoms with Crippen LogP contribution in [0.5, 0.6) is 0 Å². The standard InChI is InChI=1S/C6H9O4/c1-2-10-6(9)4-3-5(7)8/h2-4H2,1H3. The highest BCUT2D eigenvalue weighted by molar-refractivity contribution is 5.76. The smallest absolute Gasteiger partial charge is 0.356 e. The Labute approximate surface area is 58.8 Å². The fourth-order valence-electron chi connectivity index (χ4n) is 0.437. The summed E-state index contributed by atoms with van der Waals surface area (Å²) in [6, 6.07) is 0. The van der Waals surface area contributed by atoms with Crippen molar-refractivity contribution in [2.24, 2.45) is 0 Å². The minimum atomic E-state index is -1.23. The molecular formula is C6H9O4. The van der Waals surface area contributed by atoms with Crippen LogP contribution in [0.1, 0.15) is 19.8 Å². The molecule has 0 atom stereocenters. The molecule has 0 aliphatic carbocycles. The predicted octanol–water partition coefficient (Wildman–Crippen LogP) is 0.287. The molecule has 0 amide bonds. The molecule has 0 aromatic heterocycles. The lowest BCUT2D eigenvalue weighted by Gasteiger charge is -1.96. The van der Waals surface area contributed by atoms with Crippen molar-refractivity contribution in [1.82, 2.24) is 0 Å². The highest BCUT2D eigenvalue weighted by atomic mass is 16.5. The van der Waals surface area contributed by atoms with Crippen molar-refractivity contribution in [1.29, 1.82) is 0 Å². The fourth-order valence-corrected chi connectivity index (χ4v) is 0.437. The van der Waals surface area contributed by atoms with E-state index in [0.29, 0.717) is 0 Å². The van der Waals surface area contributed by atoms with Crippen molar-refractivity contribution in [2.75, 3.05) is 6.61 Å². The summed E-state index contributed by atoms with van der Waals surface area (Å²) in [7, 11) is 0. The quantitative estimate of drug-likeness (QED) is 0.534. The molecule has 57 valence electrons. The Bertz CT molecular complexity index is 130. The molecule has 0 aromatic rings. The molecule has 10 heavy (non-hydrogen) atoms. The number of hydrogen-bond acceptors (Lipinski definition) is 3. The zero-order chi connectivity index (χ0) is 7.98. The second-order valence-corrected chi connectivity index (χ2v) is 1.68. The molecule has 0 unspecified atom stereocenters. The summed E-state index contributed by atoms with van der Waals surface area (Å²) in [6.07, 6.45) is -0.366. The van der Waals surface area contributed by atoms with E-state index in [2.05, 4.69) is 4.74 Å². The molecule has 0 aliphatic rings. The molecule has 0 aromatic carbocycles. The topological polar surface area (TPSA) is 63.3 Å². The summed E-state index contributed by atoms with van der Waals surface area (Å²) in [6.45, 7) is 1.95. The van der Waals surface area contributed by atoms with E-state index in [1.54, 1.807) is 6.92 Å². The monoisotopic (exact) mass is 145 g/mol. The first-order valence-corrected chi connectivity index (χ1v) is 3.02. The van der Waals surface area contributed by atoms with Crippen LogP contribution in [0.2, 0.25) is 0 Å². The molecule has 0 spiro atoms. The van der Waals surface area contributed by atoms with Crippen LogP contribution in [0.4, 0.5) is 0 Å². The van der Waals surface area contributed by atoms with Crippen LogP contribution in [0.15, 0.2) is 0 Å². The normalized spacial score (nSPS) is 8.90. The summed E-state index contributed by atoms with van der Waals surface area (Å²) in [5, 5.41) is 9.79. The molecule has 0 saturated carbocycles. The third-order valence-electron chi connectivity index (χ3n) is 0.839. The van der Waals surface area contributed by atoms with Crippen molar-refractivity contribution in [3.63, 3.8) is 0 Å². The number of hydrogen-bond donors (Lipinski definition) is 0. The van der Waals surface area contributed by atoms with E-state index in [1.165, 1.54) is 0 Å². The van der Waals surface area contributed by atoms with Crippen LogP contribution in [-0.4, -0.2) is 18.5 Å². The van der Waals surface area contributed by atoms with Gasteiger partial charge in [0, 0.05) is 0 Å². The van der Waals surface area contributed by atoms with E-state index in [9.17, 15) is 14.7 Å². The number of carbonyl (C=O) groups is 2. The SMILES string of the molecule is CCOC(=O)CCC([O])=O. The van der Waals surface area contributed by atoms with Crippen molar-refractivity contribution >= 4 is 11.9 Å². The van der Waals surface area contributed by atoms with Gasteiger partial charge in [-0.3, -0.25) is 4.79 Å². The van der Waals surface area contributed by atoms with Gasteiger partial charge in [-0.25, -0.2) is 9.90 Å². The third kappa shape index (κ3) is 5.08. The Morgan fingerprint density at radius 1 is 1.30 bits per heavy atom. The van der Waals surface area contributed by atoms with Gasteiger partial charge in [-0.15, -0.1) is 0 Å². The van der Waals surface area contributed by atoms with E-state index in [0.717, 1.165) is 0 Å². The lowest BCUT2D eigenvalue weighted by molar-refractivity contribution is -0.149. The number of esters is 1. The summed E-state index contributed by atoms with van der Waals surface area (Å²) in [4.78, 5) is 20.2. The van der Waals surface area contributed by atoms with Gasteiger partial charge in [-0.1, -0.05) is 0 Å². The van der Waals surface area contributed by atoms with E-state index in [1.807, 2.05) is 0 Å². The maximum Gasteiger partial charge on any atom is 0.356 e. The molecular weight excluding hydrogens is 136 g/mol. The minimum absolute atomic E-state index is 0.101. The molecule has 4 heteroatoms. The third-order valence-corrected chi connectivity index (χ3v) is 0.839. The molecule has 1 radical (unpaired) electrons. The minimum Gasteiger partial charge on any atom is -0.466 e. The number of ether oxygens (including phenoxy) is 1. The average molecular weight is 145 g/mol. The maximum atomic E-state index is 10.4. The van der Waals surface area contributed by atoms with Crippen LogP contribution in [0.25, 0.3) is 0 Å². The van der Waals surface area contributed by atoms with Gasteiger partial charge < -0.3 is 4.74 Å². The Morgan fingerprint density at radius 2 is 1.90 bits per heavy atom. The van der Waals surface area contributed by atoms with Gasteiger partial charge in [0.2, 0.25) is 0 Å². The van der Waals surface area contributed by atoms with Crippen LogP contribution < -0.4 is 0 Å². The molecule has 0 saturated heterocycles. The summed E-state index contributed by atoms with van der Waals surface area (Å²) < 4.78 is 4.46. The fraction of sp³-hybridized carbons (Fsp3) is 0.667. The van der Waals surface area contributed by atoms with Crippen LogP contribution in [0, 0.1) is 0 Å². The first kappa shape index (κ1) is 8.94. The van der Waals surface area contributed by atoms with Gasteiger partial charge in [-0.05, 0) is 6.92 Å². The molecule has 0 bridgehead atoms. The van der Waals surface area contributed by atoms with Gasteiger partial charge >= 0.3 is 11.9 Å². The zero-order valence-corrected chi connectivity index (χ0v) is 5.75. The lowest BCUT2D eigenvalue weighted by atomic mass is 10.3. The summed E-state index contributed by atoms with van der Waals surface area (Å²) in [5.41, 5.74) is 0. The van der Waals surface area contributed by atoms with Gasteiger partial charge in [0.25, 0.3) is 0 Å². The predicted molar refractivity (Wildman–Crippen MR) is 31.6 cm³/mol. The highest BCUT2D eigenvalue weighted by Gasteiger charge is 2.05. The molecule has 0 heterocycles. The van der Waals surface area contributed by atoms with Crippen LogP contribution in [0.3, 0.4) is 0 Å². The number of rotatable bonds is 4. The van der Waals surface area contributed by atoms with Gasteiger partial charge in [0.1, 0.15) is 0 Å². The second kappa shape index (κ2) is 4.78. The largest absolute Gasteiger partial charge is 0.466 e. The first-order valence-electron chi connectivity index (χ1n) is 3.02. The van der Waals surface area contributed by atoms with Crippen LogP contribution >= 0.6 is 0 Å². The molecule has 4 nitrogen and oxygen atoms in total. The van der Waals surface area contributed by atoms with Crippen molar-refractivity contribution < 1.29 is 19.4 Å². The van der Waals surface area contributed by atoms with Crippen molar-refractivity contribution in [3.8, 4) is 0 Å². The van der Waals surface area contributed by atoms with Gasteiger partial charge in [0.05, 0.1) is 19.4 Å².